The lowest BCUT2D eigenvalue weighted by molar-refractivity contribution is 1.17. The first-order valence-electron chi connectivity index (χ1n) is 18.3. The van der Waals surface area contributed by atoms with Crippen molar-refractivity contribution in [1.82, 2.24) is 19.1 Å². The Morgan fingerprint density at radius 1 is 0.296 bits per heavy atom. The molecule has 11 rings (SSSR count). The molecule has 4 nitrogen and oxygen atoms in total. The molecule has 54 heavy (non-hydrogen) atoms. The minimum absolute atomic E-state index is 0.719. The van der Waals surface area contributed by atoms with E-state index in [1.165, 1.54) is 43.6 Å². The Bertz CT molecular complexity index is 3190. The van der Waals surface area contributed by atoms with Crippen molar-refractivity contribution >= 4 is 54.5 Å². The van der Waals surface area contributed by atoms with Gasteiger partial charge in [-0.15, -0.1) is 0 Å². The number of hydrogen-bond acceptors (Lipinski definition) is 2. The lowest BCUT2D eigenvalue weighted by Gasteiger charge is -2.12. The number of aromatic nitrogens is 4. The Kier molecular flexibility index (Phi) is 6.82. The Balaban J connectivity index is 1.03. The zero-order valence-corrected chi connectivity index (χ0v) is 29.3. The molecule has 8 aromatic carbocycles. The normalized spacial score (nSPS) is 11.7. The fourth-order valence-corrected chi connectivity index (χ4v) is 8.23. The molecular formula is C50H32N4. The van der Waals surface area contributed by atoms with E-state index in [0.717, 1.165) is 56.0 Å². The van der Waals surface area contributed by atoms with Crippen LogP contribution < -0.4 is 0 Å². The van der Waals surface area contributed by atoms with Gasteiger partial charge in [0.1, 0.15) is 0 Å². The average molecular weight is 689 g/mol. The highest BCUT2D eigenvalue weighted by Gasteiger charge is 2.19. The summed E-state index contributed by atoms with van der Waals surface area (Å²) in [5, 5.41) is 6.01. The first-order chi connectivity index (χ1) is 26.8. The highest BCUT2D eigenvalue weighted by molar-refractivity contribution is 6.19. The molecular weight excluding hydrogens is 657 g/mol. The Morgan fingerprint density at radius 3 is 1.48 bits per heavy atom. The maximum Gasteiger partial charge on any atom is 0.160 e. The lowest BCUT2D eigenvalue weighted by atomic mass is 10.0. The van der Waals surface area contributed by atoms with Crippen LogP contribution in [0.3, 0.4) is 0 Å². The third-order valence-electron chi connectivity index (χ3n) is 10.7. The standard InChI is InChI=1S/C50H32N4/c1-3-14-34(15-4-1)49-41-22-7-10-23-44(41)51-50(52-49)36-17-13-16-35(30-36)33-26-28-38(29-27-33)54-46-25-12-9-21-40(46)43-31-47-42(32-48(43)54)39-20-8-11-24-45(39)53(47)37-18-5-2-6-19-37/h1-32H. The van der Waals surface area contributed by atoms with Gasteiger partial charge in [0.25, 0.3) is 0 Å². The second-order valence-electron chi connectivity index (χ2n) is 13.8. The number of benzene rings is 8. The molecule has 3 aromatic heterocycles. The van der Waals surface area contributed by atoms with Crippen molar-refractivity contribution < 1.29 is 0 Å². The molecule has 252 valence electrons. The van der Waals surface area contributed by atoms with E-state index >= 15 is 0 Å². The van der Waals surface area contributed by atoms with Gasteiger partial charge in [-0.3, -0.25) is 0 Å². The van der Waals surface area contributed by atoms with E-state index in [-0.39, 0.29) is 0 Å². The molecule has 0 aliphatic carbocycles. The van der Waals surface area contributed by atoms with Crippen LogP contribution in [-0.4, -0.2) is 19.1 Å². The van der Waals surface area contributed by atoms with E-state index in [9.17, 15) is 0 Å². The molecule has 0 bridgehead atoms. The number of nitrogens with zero attached hydrogens (tertiary/aromatic N) is 4. The summed E-state index contributed by atoms with van der Waals surface area (Å²) in [5.74, 6) is 0.719. The van der Waals surface area contributed by atoms with Crippen LogP contribution in [0.25, 0.3) is 99.7 Å². The van der Waals surface area contributed by atoms with E-state index < -0.39 is 0 Å². The summed E-state index contributed by atoms with van der Waals surface area (Å²) in [6.45, 7) is 0. The smallest absolute Gasteiger partial charge is 0.160 e. The monoisotopic (exact) mass is 688 g/mol. The summed E-state index contributed by atoms with van der Waals surface area (Å²) in [5.41, 5.74) is 13.3. The van der Waals surface area contributed by atoms with Gasteiger partial charge >= 0.3 is 0 Å². The van der Waals surface area contributed by atoms with Crippen molar-refractivity contribution in [3.05, 3.63) is 194 Å². The number of fused-ring (bicyclic) bond motifs is 7. The van der Waals surface area contributed by atoms with Crippen LogP contribution in [-0.2, 0) is 0 Å². The minimum atomic E-state index is 0.719. The maximum absolute atomic E-state index is 5.13. The van der Waals surface area contributed by atoms with E-state index in [4.69, 9.17) is 9.97 Å². The molecule has 4 heteroatoms. The highest BCUT2D eigenvalue weighted by atomic mass is 15.0. The van der Waals surface area contributed by atoms with Crippen molar-refractivity contribution in [3.63, 3.8) is 0 Å². The molecule has 0 atom stereocenters. The van der Waals surface area contributed by atoms with Gasteiger partial charge in [0, 0.05) is 49.4 Å². The Labute approximate surface area is 311 Å². The number of para-hydroxylation sites is 4. The summed E-state index contributed by atoms with van der Waals surface area (Å²) >= 11 is 0. The van der Waals surface area contributed by atoms with Crippen molar-refractivity contribution in [2.45, 2.75) is 0 Å². The van der Waals surface area contributed by atoms with Gasteiger partial charge < -0.3 is 9.13 Å². The first kappa shape index (κ1) is 30.3. The zero-order chi connectivity index (χ0) is 35.6. The van der Waals surface area contributed by atoms with Crippen molar-refractivity contribution in [2.75, 3.05) is 0 Å². The summed E-state index contributed by atoms with van der Waals surface area (Å²) in [6, 6.07) is 69.0. The lowest BCUT2D eigenvalue weighted by Crippen LogP contribution is -1.96. The molecule has 0 amide bonds. The molecule has 11 aromatic rings. The molecule has 0 N–H and O–H groups in total. The van der Waals surface area contributed by atoms with E-state index in [0.29, 0.717) is 0 Å². The predicted molar refractivity (Wildman–Crippen MR) is 225 cm³/mol. The summed E-state index contributed by atoms with van der Waals surface area (Å²) in [4.78, 5) is 10.1. The molecule has 3 heterocycles. The molecule has 0 saturated heterocycles. The van der Waals surface area contributed by atoms with Crippen LogP contribution in [0.4, 0.5) is 0 Å². The predicted octanol–water partition coefficient (Wildman–Crippen LogP) is 12.8. The zero-order valence-electron chi connectivity index (χ0n) is 29.3. The Hall–Kier alpha value is -7.30. The van der Waals surface area contributed by atoms with Gasteiger partial charge in [-0.05, 0) is 71.8 Å². The Morgan fingerprint density at radius 2 is 0.815 bits per heavy atom. The molecule has 0 aliphatic rings. The van der Waals surface area contributed by atoms with Crippen LogP contribution in [0.2, 0.25) is 0 Å². The molecule has 0 spiro atoms. The third kappa shape index (κ3) is 4.78. The number of rotatable bonds is 5. The van der Waals surface area contributed by atoms with Crippen LogP contribution in [0, 0.1) is 0 Å². The van der Waals surface area contributed by atoms with Crippen molar-refractivity contribution in [1.29, 1.82) is 0 Å². The summed E-state index contributed by atoms with van der Waals surface area (Å²) in [7, 11) is 0. The molecule has 0 aliphatic heterocycles. The second-order valence-corrected chi connectivity index (χ2v) is 13.8. The van der Waals surface area contributed by atoms with Gasteiger partial charge in [-0.25, -0.2) is 9.97 Å². The first-order valence-corrected chi connectivity index (χ1v) is 18.3. The summed E-state index contributed by atoms with van der Waals surface area (Å²) < 4.78 is 4.80. The van der Waals surface area contributed by atoms with Gasteiger partial charge in [0.15, 0.2) is 5.82 Å². The van der Waals surface area contributed by atoms with E-state index in [1.54, 1.807) is 0 Å². The highest BCUT2D eigenvalue weighted by Crippen LogP contribution is 2.40. The number of hydrogen-bond donors (Lipinski definition) is 0. The van der Waals surface area contributed by atoms with Crippen molar-refractivity contribution in [3.8, 4) is 45.1 Å². The third-order valence-corrected chi connectivity index (χ3v) is 10.7. The minimum Gasteiger partial charge on any atom is -0.309 e. The van der Waals surface area contributed by atoms with Crippen LogP contribution in [0.1, 0.15) is 0 Å². The van der Waals surface area contributed by atoms with E-state index in [2.05, 4.69) is 185 Å². The fourth-order valence-electron chi connectivity index (χ4n) is 8.23. The van der Waals surface area contributed by atoms with Crippen LogP contribution >= 0.6 is 0 Å². The average Bonchev–Trinajstić information content (AvgIpc) is 3.75. The SMILES string of the molecule is c1ccc(-c2nc(-c3cccc(-c4ccc(-n5c6ccccc6c6cc7c(cc65)c5ccccc5n7-c5ccccc5)cc4)c3)nc3ccccc23)cc1. The maximum atomic E-state index is 5.13. The van der Waals surface area contributed by atoms with Crippen molar-refractivity contribution in [2.24, 2.45) is 0 Å². The molecule has 0 radical (unpaired) electrons. The van der Waals surface area contributed by atoms with Gasteiger partial charge in [0.05, 0.1) is 33.3 Å². The topological polar surface area (TPSA) is 35.6 Å². The van der Waals surface area contributed by atoms with Crippen LogP contribution in [0.5, 0.6) is 0 Å². The van der Waals surface area contributed by atoms with Gasteiger partial charge in [-0.1, -0.05) is 133 Å². The molecule has 0 fully saturated rings. The fraction of sp³-hybridized carbons (Fsp3) is 0. The van der Waals surface area contributed by atoms with Gasteiger partial charge in [0.2, 0.25) is 0 Å². The molecule has 0 unspecified atom stereocenters. The second kappa shape index (κ2) is 12.1. The van der Waals surface area contributed by atoms with E-state index in [1.807, 2.05) is 18.2 Å². The largest absolute Gasteiger partial charge is 0.309 e. The molecule has 0 saturated carbocycles. The van der Waals surface area contributed by atoms with Crippen LogP contribution in [0.15, 0.2) is 194 Å². The quantitative estimate of drug-likeness (QED) is 0.180. The van der Waals surface area contributed by atoms with Gasteiger partial charge in [-0.2, -0.15) is 0 Å². The summed E-state index contributed by atoms with van der Waals surface area (Å²) in [6.07, 6.45) is 0.